The minimum atomic E-state index is -0.619. The maximum absolute atomic E-state index is 13.3. The Kier molecular flexibility index (Phi) is 3.18. The number of nitrogens with two attached hydrogens (primary N) is 2. The Morgan fingerprint density at radius 2 is 2.11 bits per heavy atom. The fourth-order valence-electron chi connectivity index (χ4n) is 2.02. The highest BCUT2D eigenvalue weighted by Gasteiger charge is 2.30. The molecule has 6 heteroatoms. The number of carbonyl (C=O) groups is 2. The van der Waals surface area contributed by atoms with Crippen LogP contribution in [0.5, 0.6) is 0 Å². The summed E-state index contributed by atoms with van der Waals surface area (Å²) in [6.45, 7) is 0.749. The molecule has 0 spiro atoms. The van der Waals surface area contributed by atoms with E-state index in [0.717, 1.165) is 6.07 Å². The third-order valence-corrected chi connectivity index (χ3v) is 3.13. The number of carbonyl (C=O) groups excluding carboxylic acids is 2. The molecule has 1 unspecified atom stereocenters. The topological polar surface area (TPSA) is 89.4 Å². The van der Waals surface area contributed by atoms with Crippen molar-refractivity contribution in [1.29, 1.82) is 0 Å². The number of nitrogen functional groups attached to an aromatic ring is 1. The molecule has 0 bridgehead atoms. The smallest absolute Gasteiger partial charge is 0.253 e. The van der Waals surface area contributed by atoms with E-state index in [2.05, 4.69) is 0 Å². The van der Waals surface area contributed by atoms with E-state index in [9.17, 15) is 14.0 Å². The summed E-state index contributed by atoms with van der Waals surface area (Å²) in [6, 6.07) is 3.93. The van der Waals surface area contributed by atoms with Gasteiger partial charge in [-0.2, -0.15) is 0 Å². The summed E-state index contributed by atoms with van der Waals surface area (Å²) < 4.78 is 13.3. The van der Waals surface area contributed by atoms with Gasteiger partial charge in [0, 0.05) is 18.7 Å². The first-order valence-corrected chi connectivity index (χ1v) is 5.62. The summed E-state index contributed by atoms with van der Waals surface area (Å²) in [5.41, 5.74) is 10.8. The lowest BCUT2D eigenvalue weighted by molar-refractivity contribution is -0.121. The van der Waals surface area contributed by atoms with Crippen molar-refractivity contribution in [2.45, 2.75) is 6.42 Å². The van der Waals surface area contributed by atoms with Crippen molar-refractivity contribution in [3.8, 4) is 0 Å². The maximum atomic E-state index is 13.3. The molecule has 0 aromatic heterocycles. The molecule has 0 aliphatic carbocycles. The summed E-state index contributed by atoms with van der Waals surface area (Å²) in [5.74, 6) is -1.65. The van der Waals surface area contributed by atoms with E-state index in [4.69, 9.17) is 11.5 Å². The largest absolute Gasteiger partial charge is 0.396 e. The molecule has 96 valence electrons. The minimum Gasteiger partial charge on any atom is -0.396 e. The van der Waals surface area contributed by atoms with E-state index in [0.29, 0.717) is 19.5 Å². The van der Waals surface area contributed by atoms with Gasteiger partial charge in [-0.05, 0) is 24.6 Å². The van der Waals surface area contributed by atoms with E-state index >= 15 is 0 Å². The number of primary amides is 1. The number of amides is 2. The first-order valence-electron chi connectivity index (χ1n) is 5.62. The zero-order chi connectivity index (χ0) is 13.3. The van der Waals surface area contributed by atoms with Gasteiger partial charge in [0.05, 0.1) is 11.6 Å². The number of hydrogen-bond acceptors (Lipinski definition) is 3. The standard InChI is InChI=1S/C12H14FN3O2/c13-9-5-7(1-2-10(9)14)12(18)16-4-3-8(6-16)11(15)17/h1-2,5,8H,3-4,6,14H2,(H2,15,17). The molecule has 1 aliphatic rings. The van der Waals surface area contributed by atoms with Crippen LogP contribution in [-0.4, -0.2) is 29.8 Å². The maximum Gasteiger partial charge on any atom is 0.253 e. The Morgan fingerprint density at radius 3 is 2.67 bits per heavy atom. The van der Waals surface area contributed by atoms with Gasteiger partial charge in [0.15, 0.2) is 0 Å². The molecule has 1 aromatic carbocycles. The zero-order valence-electron chi connectivity index (χ0n) is 9.73. The molecule has 2 rings (SSSR count). The first-order chi connectivity index (χ1) is 8.49. The highest BCUT2D eigenvalue weighted by molar-refractivity contribution is 5.95. The van der Waals surface area contributed by atoms with Gasteiger partial charge in [-0.25, -0.2) is 4.39 Å². The summed E-state index contributed by atoms with van der Waals surface area (Å²) in [5, 5.41) is 0. The number of rotatable bonds is 2. The number of benzene rings is 1. The number of nitrogens with zero attached hydrogens (tertiary/aromatic N) is 1. The number of hydrogen-bond donors (Lipinski definition) is 2. The second kappa shape index (κ2) is 4.64. The molecule has 18 heavy (non-hydrogen) atoms. The SMILES string of the molecule is NC(=O)C1CCN(C(=O)c2ccc(N)c(F)c2)C1. The first kappa shape index (κ1) is 12.3. The van der Waals surface area contributed by atoms with Gasteiger partial charge in [-0.1, -0.05) is 0 Å². The lowest BCUT2D eigenvalue weighted by atomic mass is 10.1. The van der Waals surface area contributed by atoms with Crippen molar-refractivity contribution in [3.63, 3.8) is 0 Å². The molecule has 1 heterocycles. The van der Waals surface area contributed by atoms with Crippen molar-refractivity contribution < 1.29 is 14.0 Å². The van der Waals surface area contributed by atoms with E-state index in [1.807, 2.05) is 0 Å². The number of halogens is 1. The van der Waals surface area contributed by atoms with Gasteiger partial charge >= 0.3 is 0 Å². The van der Waals surface area contributed by atoms with Crippen LogP contribution in [0.2, 0.25) is 0 Å². The van der Waals surface area contributed by atoms with Crippen LogP contribution in [-0.2, 0) is 4.79 Å². The predicted octanol–water partition coefficient (Wildman–Crippen LogP) is 0.355. The second-order valence-corrected chi connectivity index (χ2v) is 4.38. The zero-order valence-corrected chi connectivity index (χ0v) is 9.73. The number of anilines is 1. The molecule has 1 atom stereocenters. The fraction of sp³-hybridized carbons (Fsp3) is 0.333. The predicted molar refractivity (Wildman–Crippen MR) is 64.0 cm³/mol. The van der Waals surface area contributed by atoms with Crippen molar-refractivity contribution >= 4 is 17.5 Å². The molecule has 1 fully saturated rings. The number of likely N-dealkylation sites (tertiary alicyclic amines) is 1. The van der Waals surface area contributed by atoms with Gasteiger partial charge in [0.2, 0.25) is 5.91 Å². The van der Waals surface area contributed by atoms with Crippen molar-refractivity contribution in [2.24, 2.45) is 11.7 Å². The minimum absolute atomic E-state index is 0.00276. The molecule has 1 aliphatic heterocycles. The molecule has 5 nitrogen and oxygen atoms in total. The molecule has 1 aromatic rings. The third kappa shape index (κ3) is 2.27. The second-order valence-electron chi connectivity index (χ2n) is 4.38. The molecule has 0 saturated carbocycles. The summed E-state index contributed by atoms with van der Waals surface area (Å²) in [7, 11) is 0. The van der Waals surface area contributed by atoms with E-state index < -0.39 is 11.7 Å². The Balaban J connectivity index is 2.12. The fourth-order valence-corrected chi connectivity index (χ4v) is 2.02. The Hall–Kier alpha value is -2.11. The molecular formula is C12H14FN3O2. The van der Waals surface area contributed by atoms with E-state index in [1.165, 1.54) is 17.0 Å². The van der Waals surface area contributed by atoms with Crippen LogP contribution in [0.25, 0.3) is 0 Å². The van der Waals surface area contributed by atoms with E-state index in [-0.39, 0.29) is 23.1 Å². The molecule has 4 N–H and O–H groups in total. The van der Waals surface area contributed by atoms with Crippen LogP contribution in [0.3, 0.4) is 0 Å². The normalized spacial score (nSPS) is 18.9. The average molecular weight is 251 g/mol. The van der Waals surface area contributed by atoms with Crippen molar-refractivity contribution in [2.75, 3.05) is 18.8 Å². The lowest BCUT2D eigenvalue weighted by Gasteiger charge is -2.16. The Bertz CT molecular complexity index is 504. The van der Waals surface area contributed by atoms with Gasteiger partial charge in [0.1, 0.15) is 5.82 Å². The monoisotopic (exact) mass is 251 g/mol. The summed E-state index contributed by atoms with van der Waals surface area (Å²) in [4.78, 5) is 24.6. The van der Waals surface area contributed by atoms with Crippen LogP contribution < -0.4 is 11.5 Å². The van der Waals surface area contributed by atoms with Crippen LogP contribution >= 0.6 is 0 Å². The van der Waals surface area contributed by atoms with Crippen LogP contribution in [0.4, 0.5) is 10.1 Å². The lowest BCUT2D eigenvalue weighted by Crippen LogP contribution is -2.31. The summed E-state index contributed by atoms with van der Waals surface area (Å²) >= 11 is 0. The molecule has 1 saturated heterocycles. The summed E-state index contributed by atoms with van der Waals surface area (Å²) in [6.07, 6.45) is 0.554. The average Bonchev–Trinajstić information content (AvgIpc) is 2.81. The van der Waals surface area contributed by atoms with Gasteiger partial charge in [-0.3, -0.25) is 9.59 Å². The highest BCUT2D eigenvalue weighted by atomic mass is 19.1. The van der Waals surface area contributed by atoms with Crippen LogP contribution in [0, 0.1) is 11.7 Å². The van der Waals surface area contributed by atoms with E-state index in [1.54, 1.807) is 0 Å². The molecule has 2 amide bonds. The molecule has 0 radical (unpaired) electrons. The van der Waals surface area contributed by atoms with Crippen molar-refractivity contribution in [3.05, 3.63) is 29.6 Å². The van der Waals surface area contributed by atoms with Gasteiger partial charge in [-0.15, -0.1) is 0 Å². The quantitative estimate of drug-likeness (QED) is 0.743. The Labute approximate surface area is 104 Å². The van der Waals surface area contributed by atoms with Crippen molar-refractivity contribution in [1.82, 2.24) is 4.90 Å². The molecular weight excluding hydrogens is 237 g/mol. The Morgan fingerprint density at radius 1 is 1.39 bits per heavy atom. The van der Waals surface area contributed by atoms with Crippen LogP contribution in [0.1, 0.15) is 16.8 Å². The van der Waals surface area contributed by atoms with Gasteiger partial charge < -0.3 is 16.4 Å². The highest BCUT2D eigenvalue weighted by Crippen LogP contribution is 2.20. The van der Waals surface area contributed by atoms with Gasteiger partial charge in [0.25, 0.3) is 5.91 Å². The third-order valence-electron chi connectivity index (χ3n) is 3.13. The van der Waals surface area contributed by atoms with Crippen LogP contribution in [0.15, 0.2) is 18.2 Å².